The van der Waals surface area contributed by atoms with E-state index in [9.17, 15) is 19.0 Å². The summed E-state index contributed by atoms with van der Waals surface area (Å²) in [6, 6.07) is -0.917. The van der Waals surface area contributed by atoms with Crippen molar-refractivity contribution in [2.75, 3.05) is 40.9 Å². The van der Waals surface area contributed by atoms with E-state index in [0.29, 0.717) is 17.4 Å². The third-order valence-electron chi connectivity index (χ3n) is 12.7. The van der Waals surface area contributed by atoms with Crippen LogP contribution in [0.25, 0.3) is 0 Å². The molecule has 10 heteroatoms. The normalized spacial score (nSPS) is 14.3. The van der Waals surface area contributed by atoms with Crippen molar-refractivity contribution in [3.05, 3.63) is 72.9 Å². The molecular weight excluding hydrogens is 904 g/mol. The molecule has 71 heavy (non-hydrogen) atoms. The molecule has 0 aromatic carbocycles. The van der Waals surface area contributed by atoms with Crippen molar-refractivity contribution in [3.8, 4) is 0 Å². The number of nitrogens with one attached hydrogen (secondary N) is 1. The summed E-state index contributed by atoms with van der Waals surface area (Å²) in [7, 11) is 1.15. The van der Waals surface area contributed by atoms with Crippen LogP contribution in [-0.2, 0) is 27.9 Å². The van der Waals surface area contributed by atoms with Gasteiger partial charge in [-0.1, -0.05) is 242 Å². The third-order valence-corrected chi connectivity index (χ3v) is 13.6. The number of allylic oxidation sites excluding steroid dienone is 11. The summed E-state index contributed by atoms with van der Waals surface area (Å²) in [6.45, 7) is 6.68. The van der Waals surface area contributed by atoms with Gasteiger partial charge in [0.25, 0.3) is 7.82 Å². The number of hydrogen-bond donors (Lipinski definition) is 1. The van der Waals surface area contributed by atoms with Crippen molar-refractivity contribution in [3.63, 3.8) is 0 Å². The van der Waals surface area contributed by atoms with Crippen LogP contribution in [0, 0.1) is 0 Å². The van der Waals surface area contributed by atoms with Gasteiger partial charge in [0.2, 0.25) is 5.91 Å². The van der Waals surface area contributed by atoms with E-state index in [1.807, 2.05) is 33.3 Å². The number of rotatable bonds is 52. The lowest BCUT2D eigenvalue weighted by atomic mass is 10.0. The van der Waals surface area contributed by atoms with Gasteiger partial charge >= 0.3 is 5.97 Å². The first-order valence-electron chi connectivity index (χ1n) is 29.2. The van der Waals surface area contributed by atoms with Crippen molar-refractivity contribution in [1.82, 2.24) is 5.32 Å². The molecule has 0 bridgehead atoms. The summed E-state index contributed by atoms with van der Waals surface area (Å²) in [4.78, 5) is 39.8. The molecule has 0 saturated heterocycles. The summed E-state index contributed by atoms with van der Waals surface area (Å²) in [5.74, 6) is -0.606. The van der Waals surface area contributed by atoms with Crippen LogP contribution < -0.4 is 10.2 Å². The first-order valence-corrected chi connectivity index (χ1v) is 30.7. The maximum atomic E-state index is 13.5. The van der Waals surface area contributed by atoms with E-state index in [1.54, 1.807) is 0 Å². The number of carbonyl (C=O) groups is 2. The first kappa shape index (κ1) is 68.5. The Morgan fingerprint density at radius 1 is 0.507 bits per heavy atom. The second-order valence-electron chi connectivity index (χ2n) is 20.8. The van der Waals surface area contributed by atoms with Crippen LogP contribution in [0.5, 0.6) is 0 Å². The fraction of sp³-hybridized carbons (Fsp3) is 0.770. The minimum Gasteiger partial charge on any atom is -0.756 e. The summed E-state index contributed by atoms with van der Waals surface area (Å²) < 4.78 is 30.2. The number of carbonyl (C=O) groups excluding carboxylic acids is 2. The van der Waals surface area contributed by atoms with Crippen LogP contribution in [0.3, 0.4) is 0 Å². The third kappa shape index (κ3) is 52.1. The highest BCUT2D eigenvalue weighted by Gasteiger charge is 2.27. The molecule has 1 amide bonds. The number of likely N-dealkylation sites (N-methyl/N-ethyl adjacent to an activating group) is 1. The zero-order valence-corrected chi connectivity index (χ0v) is 47.8. The zero-order valence-electron chi connectivity index (χ0n) is 46.9. The van der Waals surface area contributed by atoms with E-state index in [2.05, 4.69) is 86.8 Å². The monoisotopic (exact) mass is 1010 g/mol. The van der Waals surface area contributed by atoms with Crippen molar-refractivity contribution < 1.29 is 37.3 Å². The number of quaternary nitrogens is 1. The Kier molecular flexibility index (Phi) is 49.1. The maximum absolute atomic E-state index is 13.5. The highest BCUT2D eigenvalue weighted by atomic mass is 31.2. The van der Waals surface area contributed by atoms with Gasteiger partial charge in [-0.3, -0.25) is 14.2 Å². The molecule has 0 aliphatic rings. The SMILES string of the molecule is CC/C=C\C/C=C\C/C=C\C/C=C\C/C=C\CCCC(=O)NC(COP(=O)([O-])OCC[N+](C)(C)C)C(/C=C/CCCCCCCCCCC)OC(=O)CCCCCCCCCCCCCCCCCCC. The number of hydrogen-bond acceptors (Lipinski definition) is 7. The molecule has 1 N–H and O–H groups in total. The summed E-state index contributed by atoms with van der Waals surface area (Å²) in [5, 5.41) is 2.99. The quantitative estimate of drug-likeness (QED) is 0.0212. The molecule has 0 aromatic rings. The van der Waals surface area contributed by atoms with E-state index in [4.69, 9.17) is 13.8 Å². The topological polar surface area (TPSA) is 114 Å². The Bertz CT molecular complexity index is 1450. The van der Waals surface area contributed by atoms with Crippen molar-refractivity contribution >= 4 is 19.7 Å². The highest BCUT2D eigenvalue weighted by Crippen LogP contribution is 2.38. The molecule has 0 fully saturated rings. The van der Waals surface area contributed by atoms with Gasteiger partial charge in [0.05, 0.1) is 33.8 Å². The molecule has 9 nitrogen and oxygen atoms in total. The number of phosphoric ester groups is 1. The number of ether oxygens (including phenoxy) is 1. The fourth-order valence-corrected chi connectivity index (χ4v) is 8.87. The fourth-order valence-electron chi connectivity index (χ4n) is 8.15. The van der Waals surface area contributed by atoms with Crippen LogP contribution in [0.4, 0.5) is 0 Å². The molecule has 0 heterocycles. The van der Waals surface area contributed by atoms with Gasteiger partial charge in [0.15, 0.2) is 0 Å². The lowest BCUT2D eigenvalue weighted by Gasteiger charge is -2.30. The molecule has 0 rings (SSSR count). The Morgan fingerprint density at radius 2 is 0.915 bits per heavy atom. The zero-order chi connectivity index (χ0) is 52.2. The summed E-state index contributed by atoms with van der Waals surface area (Å²) >= 11 is 0. The lowest BCUT2D eigenvalue weighted by molar-refractivity contribution is -0.870. The maximum Gasteiger partial charge on any atom is 0.306 e. The largest absolute Gasteiger partial charge is 0.756 e. The molecule has 0 aliphatic heterocycles. The minimum absolute atomic E-state index is 0.0342. The van der Waals surface area contributed by atoms with Crippen LogP contribution >= 0.6 is 7.82 Å². The molecule has 0 saturated carbocycles. The second-order valence-corrected chi connectivity index (χ2v) is 22.2. The Hall–Kier alpha value is -2.55. The van der Waals surface area contributed by atoms with Crippen LogP contribution in [0.2, 0.25) is 0 Å². The Morgan fingerprint density at radius 3 is 1.37 bits per heavy atom. The summed E-state index contributed by atoms with van der Waals surface area (Å²) in [5.41, 5.74) is 0. The van der Waals surface area contributed by atoms with Gasteiger partial charge in [-0.05, 0) is 70.3 Å². The van der Waals surface area contributed by atoms with Crippen LogP contribution in [-0.4, -0.2) is 69.4 Å². The second kappa shape index (κ2) is 51.0. The van der Waals surface area contributed by atoms with Gasteiger partial charge in [-0.25, -0.2) is 0 Å². The van der Waals surface area contributed by atoms with Crippen molar-refractivity contribution in [2.45, 2.75) is 264 Å². The molecular formula is C61H111N2O7P. The Labute approximate surface area is 438 Å². The van der Waals surface area contributed by atoms with E-state index >= 15 is 0 Å². The summed E-state index contributed by atoms with van der Waals surface area (Å²) in [6.07, 6.45) is 64.5. The lowest BCUT2D eigenvalue weighted by Crippen LogP contribution is -2.47. The van der Waals surface area contributed by atoms with Crippen molar-refractivity contribution in [1.29, 1.82) is 0 Å². The molecule has 0 spiro atoms. The smallest absolute Gasteiger partial charge is 0.306 e. The predicted molar refractivity (Wildman–Crippen MR) is 302 cm³/mol. The van der Waals surface area contributed by atoms with Gasteiger partial charge in [-0.2, -0.15) is 0 Å². The number of esters is 1. The number of nitrogens with zero attached hydrogens (tertiary/aromatic N) is 1. The molecule has 0 aliphatic carbocycles. The average Bonchev–Trinajstić information content (AvgIpc) is 3.33. The van der Waals surface area contributed by atoms with E-state index in [1.165, 1.54) is 135 Å². The Balaban J connectivity index is 5.37. The first-order chi connectivity index (χ1) is 34.4. The van der Waals surface area contributed by atoms with Gasteiger partial charge in [-0.15, -0.1) is 0 Å². The van der Waals surface area contributed by atoms with E-state index in [-0.39, 0.29) is 31.3 Å². The van der Waals surface area contributed by atoms with E-state index < -0.39 is 26.6 Å². The predicted octanol–water partition coefficient (Wildman–Crippen LogP) is 17.0. The number of amides is 1. The molecule has 3 unspecified atom stereocenters. The van der Waals surface area contributed by atoms with E-state index in [0.717, 1.165) is 77.0 Å². The molecule has 0 radical (unpaired) electrons. The molecule has 3 atom stereocenters. The van der Waals surface area contributed by atoms with Gasteiger partial charge in [0.1, 0.15) is 19.3 Å². The number of phosphoric acid groups is 1. The highest BCUT2D eigenvalue weighted by molar-refractivity contribution is 7.45. The van der Waals surface area contributed by atoms with Gasteiger partial charge < -0.3 is 28.5 Å². The van der Waals surface area contributed by atoms with Gasteiger partial charge in [0, 0.05) is 12.8 Å². The van der Waals surface area contributed by atoms with Crippen molar-refractivity contribution in [2.24, 2.45) is 0 Å². The molecule has 412 valence electrons. The number of unbranched alkanes of at least 4 members (excludes halogenated alkanes) is 26. The minimum atomic E-state index is -4.71. The van der Waals surface area contributed by atoms with Crippen LogP contribution in [0.1, 0.15) is 252 Å². The average molecular weight is 1020 g/mol. The standard InChI is InChI=1S/C61H111N2O7P/c1-7-10-13-16-19-22-25-27-29-31-33-35-38-41-44-47-50-53-60(64)62-58(57-69-71(66,67)68-56-55-63(4,5)6)59(52-49-46-43-40-37-24-21-18-15-12-9-3)70-61(65)54-51-48-45-42-39-36-34-32-30-28-26-23-20-17-14-11-8-2/h10,13,19,22,27,29,33,35,41,44,49,52,58-59H,7-9,11-12,14-18,20-21,23-26,28,30-32,34,36-40,42-43,45-48,50-51,53-57H2,1-6H3,(H-,62,64,66,67)/b13-10-,22-19-,29-27-,35-33-,44-41-,52-49+. The molecule has 0 aromatic heterocycles. The van der Waals surface area contributed by atoms with Crippen LogP contribution in [0.15, 0.2) is 72.9 Å².